The Morgan fingerprint density at radius 1 is 1.06 bits per heavy atom. The van der Waals surface area contributed by atoms with Gasteiger partial charge < -0.3 is 5.32 Å². The van der Waals surface area contributed by atoms with Crippen LogP contribution in [0, 0.1) is 0 Å². The lowest BCUT2D eigenvalue weighted by Crippen LogP contribution is -1.99. The summed E-state index contributed by atoms with van der Waals surface area (Å²) in [6, 6.07) is 14.0. The molecular weight excluding hydrogens is 285 g/mol. The van der Waals surface area contributed by atoms with Gasteiger partial charge in [-0.2, -0.15) is 0 Å². The first-order valence-corrected chi connectivity index (χ1v) is 7.49. The van der Waals surface area contributed by atoms with Gasteiger partial charge in [0, 0.05) is 17.1 Å². The third-order valence-electron chi connectivity index (χ3n) is 2.55. The molecule has 2 aromatic rings. The van der Waals surface area contributed by atoms with Crippen LogP contribution in [0.3, 0.4) is 0 Å². The highest BCUT2D eigenvalue weighted by Crippen LogP contribution is 2.23. The molecule has 0 atom stereocenters. The predicted molar refractivity (Wildman–Crippen MR) is 82.0 cm³/mol. The monoisotopic (exact) mass is 297 g/mol. The minimum atomic E-state index is 0.588. The summed E-state index contributed by atoms with van der Waals surface area (Å²) in [5.41, 5.74) is 2.21. The Hall–Kier alpha value is -0.830. The average molecular weight is 298 g/mol. The predicted octanol–water partition coefficient (Wildman–Crippen LogP) is 5.33. The minimum Gasteiger partial charge on any atom is -0.381 e. The summed E-state index contributed by atoms with van der Waals surface area (Å²) in [5, 5.41) is 4.55. The molecule has 0 aliphatic carbocycles. The topological polar surface area (TPSA) is 12.0 Å². The number of rotatable bonds is 4. The summed E-state index contributed by atoms with van der Waals surface area (Å²) in [6.07, 6.45) is 2.07. The maximum absolute atomic E-state index is 5.98. The summed E-state index contributed by atoms with van der Waals surface area (Å²) in [4.78, 5) is 1.24. The molecule has 0 bridgehead atoms. The molecule has 0 radical (unpaired) electrons. The molecule has 0 saturated heterocycles. The van der Waals surface area contributed by atoms with Crippen LogP contribution in [0.25, 0.3) is 0 Å². The van der Waals surface area contributed by atoms with Crippen LogP contribution < -0.4 is 5.32 Å². The van der Waals surface area contributed by atoms with E-state index in [1.165, 1.54) is 4.90 Å². The summed E-state index contributed by atoms with van der Waals surface area (Å²) in [7, 11) is 0. The standard InChI is InChI=1S/C14H13Cl2NS/c1-18-12-4-2-3-11(8-12)17-9-10-5-6-13(15)14(16)7-10/h2-8,17H,9H2,1H3. The Morgan fingerprint density at radius 3 is 2.61 bits per heavy atom. The highest BCUT2D eigenvalue weighted by Gasteiger charge is 2.00. The second-order valence-corrected chi connectivity index (χ2v) is 5.53. The van der Waals surface area contributed by atoms with Gasteiger partial charge in [-0.1, -0.05) is 35.3 Å². The van der Waals surface area contributed by atoms with E-state index in [1.54, 1.807) is 11.8 Å². The molecule has 0 unspecified atom stereocenters. The summed E-state index contributed by atoms with van der Waals surface area (Å²) in [6.45, 7) is 0.731. The Kier molecular flexibility index (Phi) is 4.81. The summed E-state index contributed by atoms with van der Waals surface area (Å²) >= 11 is 13.6. The lowest BCUT2D eigenvalue weighted by atomic mass is 10.2. The quantitative estimate of drug-likeness (QED) is 0.766. The van der Waals surface area contributed by atoms with Crippen LogP contribution in [0.15, 0.2) is 47.4 Å². The number of hydrogen-bond donors (Lipinski definition) is 1. The molecule has 2 rings (SSSR count). The van der Waals surface area contributed by atoms with Gasteiger partial charge >= 0.3 is 0 Å². The zero-order chi connectivity index (χ0) is 13.0. The number of halogens is 2. The molecule has 0 saturated carbocycles. The number of nitrogens with one attached hydrogen (secondary N) is 1. The van der Waals surface area contributed by atoms with E-state index in [9.17, 15) is 0 Å². The van der Waals surface area contributed by atoms with Crippen molar-refractivity contribution in [3.05, 3.63) is 58.1 Å². The van der Waals surface area contributed by atoms with Gasteiger partial charge in [0.2, 0.25) is 0 Å². The third kappa shape index (κ3) is 3.58. The van der Waals surface area contributed by atoms with Crippen molar-refractivity contribution in [3.8, 4) is 0 Å². The molecule has 4 heteroatoms. The lowest BCUT2D eigenvalue weighted by molar-refractivity contribution is 1.14. The lowest BCUT2D eigenvalue weighted by Gasteiger charge is -2.08. The van der Waals surface area contributed by atoms with Crippen LogP contribution in [0.1, 0.15) is 5.56 Å². The molecule has 0 aromatic heterocycles. The fraction of sp³-hybridized carbons (Fsp3) is 0.143. The SMILES string of the molecule is CSc1cccc(NCc2ccc(Cl)c(Cl)c2)c1. The Bertz CT molecular complexity index is 543. The van der Waals surface area contributed by atoms with Gasteiger partial charge in [0.15, 0.2) is 0 Å². The van der Waals surface area contributed by atoms with Crippen LogP contribution in [0.5, 0.6) is 0 Å². The van der Waals surface area contributed by atoms with Gasteiger partial charge in [-0.25, -0.2) is 0 Å². The van der Waals surface area contributed by atoms with Crippen molar-refractivity contribution in [3.63, 3.8) is 0 Å². The molecule has 94 valence electrons. The van der Waals surface area contributed by atoms with E-state index in [1.807, 2.05) is 24.3 Å². The fourth-order valence-corrected chi connectivity index (χ4v) is 2.37. The van der Waals surface area contributed by atoms with Crippen molar-refractivity contribution < 1.29 is 0 Å². The minimum absolute atomic E-state index is 0.588. The van der Waals surface area contributed by atoms with E-state index in [4.69, 9.17) is 23.2 Å². The van der Waals surface area contributed by atoms with Crippen LogP contribution in [0.4, 0.5) is 5.69 Å². The Morgan fingerprint density at radius 2 is 1.89 bits per heavy atom. The Labute approximate surface area is 121 Å². The second-order valence-electron chi connectivity index (χ2n) is 3.83. The van der Waals surface area contributed by atoms with Gasteiger partial charge in [0.1, 0.15) is 0 Å². The van der Waals surface area contributed by atoms with Gasteiger partial charge in [-0.3, -0.25) is 0 Å². The van der Waals surface area contributed by atoms with Gasteiger partial charge in [0.25, 0.3) is 0 Å². The van der Waals surface area contributed by atoms with E-state index >= 15 is 0 Å². The number of benzene rings is 2. The zero-order valence-corrected chi connectivity index (χ0v) is 12.2. The van der Waals surface area contributed by atoms with Gasteiger partial charge in [-0.05, 0) is 42.2 Å². The van der Waals surface area contributed by atoms with Crippen molar-refractivity contribution in [1.82, 2.24) is 0 Å². The average Bonchev–Trinajstić information content (AvgIpc) is 2.40. The van der Waals surface area contributed by atoms with Crippen LogP contribution in [0.2, 0.25) is 10.0 Å². The number of hydrogen-bond acceptors (Lipinski definition) is 2. The molecule has 0 fully saturated rings. The maximum Gasteiger partial charge on any atom is 0.0595 e. The van der Waals surface area contributed by atoms with E-state index in [-0.39, 0.29) is 0 Å². The van der Waals surface area contributed by atoms with Crippen LogP contribution in [-0.2, 0) is 6.54 Å². The van der Waals surface area contributed by atoms with Crippen molar-refractivity contribution in [2.45, 2.75) is 11.4 Å². The molecule has 0 aliphatic heterocycles. The normalized spacial score (nSPS) is 10.4. The largest absolute Gasteiger partial charge is 0.381 e. The van der Waals surface area contributed by atoms with E-state index < -0.39 is 0 Å². The van der Waals surface area contributed by atoms with Gasteiger partial charge in [0.05, 0.1) is 10.0 Å². The van der Waals surface area contributed by atoms with Crippen LogP contribution >= 0.6 is 35.0 Å². The summed E-state index contributed by atoms with van der Waals surface area (Å²) in [5.74, 6) is 0. The first-order valence-electron chi connectivity index (χ1n) is 5.51. The molecular formula is C14H13Cl2NS. The molecule has 0 heterocycles. The highest BCUT2D eigenvalue weighted by atomic mass is 35.5. The van der Waals surface area contributed by atoms with Gasteiger partial charge in [-0.15, -0.1) is 11.8 Å². The molecule has 0 aliphatic rings. The smallest absolute Gasteiger partial charge is 0.0595 e. The number of thioether (sulfide) groups is 1. The zero-order valence-electron chi connectivity index (χ0n) is 9.91. The molecule has 1 N–H and O–H groups in total. The van der Waals surface area contributed by atoms with E-state index in [0.717, 1.165) is 17.8 Å². The fourth-order valence-electron chi connectivity index (χ4n) is 1.59. The first kappa shape index (κ1) is 13.6. The molecule has 1 nitrogen and oxygen atoms in total. The van der Waals surface area contributed by atoms with Crippen molar-refractivity contribution in [2.24, 2.45) is 0 Å². The third-order valence-corrected chi connectivity index (χ3v) is 4.01. The van der Waals surface area contributed by atoms with E-state index in [0.29, 0.717) is 10.0 Å². The molecule has 0 spiro atoms. The molecule has 2 aromatic carbocycles. The Balaban J connectivity index is 2.04. The molecule has 18 heavy (non-hydrogen) atoms. The maximum atomic E-state index is 5.98. The van der Waals surface area contributed by atoms with Crippen molar-refractivity contribution in [1.29, 1.82) is 0 Å². The highest BCUT2D eigenvalue weighted by molar-refractivity contribution is 7.98. The van der Waals surface area contributed by atoms with Crippen molar-refractivity contribution >= 4 is 40.7 Å². The van der Waals surface area contributed by atoms with E-state index in [2.05, 4.69) is 29.8 Å². The molecule has 0 amide bonds. The second kappa shape index (κ2) is 6.37. The number of anilines is 1. The first-order chi connectivity index (χ1) is 8.69. The van der Waals surface area contributed by atoms with Crippen molar-refractivity contribution in [2.75, 3.05) is 11.6 Å². The van der Waals surface area contributed by atoms with Crippen LogP contribution in [-0.4, -0.2) is 6.26 Å². The summed E-state index contributed by atoms with van der Waals surface area (Å²) < 4.78 is 0.